The topological polar surface area (TPSA) is 54.8 Å². The molecule has 1 aromatic heterocycles. The molecular formula is C22H25N3O3. The van der Waals surface area contributed by atoms with Crippen LogP contribution in [0.3, 0.4) is 0 Å². The van der Waals surface area contributed by atoms with Gasteiger partial charge in [-0.1, -0.05) is 6.07 Å². The quantitative estimate of drug-likeness (QED) is 0.820. The highest BCUT2D eigenvalue weighted by molar-refractivity contribution is 5.77. The summed E-state index contributed by atoms with van der Waals surface area (Å²) in [5.41, 5.74) is 6.90. The van der Waals surface area contributed by atoms with Crippen molar-refractivity contribution in [1.82, 2.24) is 9.47 Å². The number of ether oxygens (including phenoxy) is 1. The van der Waals surface area contributed by atoms with E-state index in [4.69, 9.17) is 4.74 Å². The van der Waals surface area contributed by atoms with E-state index >= 15 is 0 Å². The van der Waals surface area contributed by atoms with Crippen LogP contribution >= 0.6 is 0 Å². The molecule has 4 heterocycles. The molecule has 0 aliphatic carbocycles. The number of carbonyl (C=O) groups excluding carboxylic acids is 1. The number of fused-ring (bicyclic) bond motifs is 2. The lowest BCUT2D eigenvalue weighted by Crippen LogP contribution is -2.48. The van der Waals surface area contributed by atoms with Gasteiger partial charge in [-0.05, 0) is 41.3 Å². The van der Waals surface area contributed by atoms with Gasteiger partial charge in [0, 0.05) is 56.5 Å². The number of aryl methyl sites for hydroxylation is 1. The molecule has 6 nitrogen and oxygen atoms in total. The number of rotatable bonds is 3. The van der Waals surface area contributed by atoms with Crippen LogP contribution in [0.4, 0.5) is 5.69 Å². The van der Waals surface area contributed by atoms with Gasteiger partial charge in [-0.25, -0.2) is 0 Å². The molecule has 1 fully saturated rings. The first-order valence-electron chi connectivity index (χ1n) is 9.90. The molecule has 5 rings (SSSR count). The van der Waals surface area contributed by atoms with Gasteiger partial charge < -0.3 is 19.1 Å². The summed E-state index contributed by atoms with van der Waals surface area (Å²) >= 11 is 0. The van der Waals surface area contributed by atoms with E-state index in [9.17, 15) is 9.59 Å². The van der Waals surface area contributed by atoms with Crippen LogP contribution in [0, 0.1) is 12.8 Å². The lowest BCUT2D eigenvalue weighted by atomic mass is 9.94. The van der Waals surface area contributed by atoms with Crippen molar-refractivity contribution in [1.29, 1.82) is 0 Å². The van der Waals surface area contributed by atoms with E-state index in [1.165, 1.54) is 16.8 Å². The predicted molar refractivity (Wildman–Crippen MR) is 106 cm³/mol. The molecule has 3 aliphatic rings. The molecule has 3 aliphatic heterocycles. The van der Waals surface area contributed by atoms with Gasteiger partial charge in [-0.3, -0.25) is 9.59 Å². The first-order chi connectivity index (χ1) is 13.5. The number of hydrogen-bond donors (Lipinski definition) is 0. The number of anilines is 1. The van der Waals surface area contributed by atoms with E-state index in [1.807, 2.05) is 11.8 Å². The van der Waals surface area contributed by atoms with Crippen LogP contribution < -0.4 is 10.5 Å². The average molecular weight is 379 g/mol. The predicted octanol–water partition coefficient (Wildman–Crippen LogP) is 2.09. The van der Waals surface area contributed by atoms with Crippen LogP contribution in [0.2, 0.25) is 0 Å². The molecule has 0 unspecified atom stereocenters. The molecule has 0 atom stereocenters. The maximum atomic E-state index is 12.8. The fraction of sp³-hybridized carbons (Fsp3) is 0.455. The molecule has 146 valence electrons. The molecular weight excluding hydrogens is 354 g/mol. The average Bonchev–Trinajstić information content (AvgIpc) is 3.29. The Morgan fingerprint density at radius 3 is 2.75 bits per heavy atom. The Morgan fingerprint density at radius 1 is 1.14 bits per heavy atom. The second-order valence-electron chi connectivity index (χ2n) is 8.32. The zero-order chi connectivity index (χ0) is 19.4. The smallest absolute Gasteiger partial charge is 0.250 e. The van der Waals surface area contributed by atoms with Gasteiger partial charge in [0.25, 0.3) is 5.56 Å². The third-order valence-electron chi connectivity index (χ3n) is 6.43. The molecule has 1 aromatic carbocycles. The molecule has 28 heavy (non-hydrogen) atoms. The molecule has 0 spiro atoms. The van der Waals surface area contributed by atoms with E-state index in [2.05, 4.69) is 23.1 Å². The third kappa shape index (κ3) is 2.83. The minimum atomic E-state index is -0.0000647. The van der Waals surface area contributed by atoms with Gasteiger partial charge in [-0.2, -0.15) is 0 Å². The molecule has 1 saturated heterocycles. The molecule has 0 N–H and O–H groups in total. The van der Waals surface area contributed by atoms with Gasteiger partial charge in [0.15, 0.2) is 0 Å². The van der Waals surface area contributed by atoms with Gasteiger partial charge in [0.2, 0.25) is 5.91 Å². The Kier molecular flexibility index (Phi) is 4.05. The second kappa shape index (κ2) is 6.48. The fourth-order valence-electron chi connectivity index (χ4n) is 4.59. The minimum Gasteiger partial charge on any atom is -0.372 e. The first kappa shape index (κ1) is 17.5. The van der Waals surface area contributed by atoms with E-state index in [1.54, 1.807) is 17.7 Å². The van der Waals surface area contributed by atoms with Crippen molar-refractivity contribution in [2.24, 2.45) is 13.0 Å². The summed E-state index contributed by atoms with van der Waals surface area (Å²) in [6.45, 7) is 6.39. The number of amides is 1. The second-order valence-corrected chi connectivity index (χ2v) is 8.32. The molecule has 0 saturated carbocycles. The zero-order valence-electron chi connectivity index (χ0n) is 16.4. The van der Waals surface area contributed by atoms with Crippen LogP contribution in [-0.4, -0.2) is 28.5 Å². The van der Waals surface area contributed by atoms with Gasteiger partial charge in [-0.15, -0.1) is 0 Å². The van der Waals surface area contributed by atoms with E-state index in [0.717, 1.165) is 36.5 Å². The van der Waals surface area contributed by atoms with Crippen molar-refractivity contribution in [2.45, 2.75) is 39.6 Å². The maximum Gasteiger partial charge on any atom is 0.250 e. The fourth-order valence-corrected chi connectivity index (χ4v) is 4.59. The van der Waals surface area contributed by atoms with Crippen molar-refractivity contribution in [3.63, 3.8) is 0 Å². The Bertz CT molecular complexity index is 1020. The van der Waals surface area contributed by atoms with Crippen LogP contribution in [0.1, 0.15) is 34.4 Å². The van der Waals surface area contributed by atoms with E-state index < -0.39 is 0 Å². The Labute approximate surface area is 164 Å². The normalized spacial score (nSPS) is 18.2. The van der Waals surface area contributed by atoms with Crippen molar-refractivity contribution in [2.75, 3.05) is 18.0 Å². The van der Waals surface area contributed by atoms with Crippen LogP contribution in [0.5, 0.6) is 0 Å². The number of carbonyl (C=O) groups is 1. The maximum absolute atomic E-state index is 12.8. The summed E-state index contributed by atoms with van der Waals surface area (Å²) in [4.78, 5) is 29.1. The Hall–Kier alpha value is -2.60. The van der Waals surface area contributed by atoms with Crippen molar-refractivity contribution >= 4 is 11.6 Å². The van der Waals surface area contributed by atoms with Gasteiger partial charge >= 0.3 is 0 Å². The molecule has 6 heteroatoms. The lowest BCUT2D eigenvalue weighted by molar-refractivity contribution is -0.133. The number of nitrogens with zero attached hydrogens (tertiary/aromatic N) is 3. The highest BCUT2D eigenvalue weighted by Gasteiger charge is 2.33. The van der Waals surface area contributed by atoms with Crippen molar-refractivity contribution in [3.8, 4) is 0 Å². The molecule has 2 aromatic rings. The highest BCUT2D eigenvalue weighted by atomic mass is 16.5. The SMILES string of the molecule is Cc1cc(=O)n(C)c2c1CN(C(=O)CC1CN(c3ccc4c(c3)COC4)C1)C2. The highest BCUT2D eigenvalue weighted by Crippen LogP contribution is 2.32. The molecule has 1 amide bonds. The van der Waals surface area contributed by atoms with Crippen molar-refractivity contribution < 1.29 is 9.53 Å². The summed E-state index contributed by atoms with van der Waals surface area (Å²) in [7, 11) is 1.79. The largest absolute Gasteiger partial charge is 0.372 e. The van der Waals surface area contributed by atoms with Gasteiger partial charge in [0.1, 0.15) is 0 Å². The minimum absolute atomic E-state index is 0.0000647. The zero-order valence-corrected chi connectivity index (χ0v) is 16.4. The lowest BCUT2D eigenvalue weighted by Gasteiger charge is -2.41. The Morgan fingerprint density at radius 2 is 1.93 bits per heavy atom. The van der Waals surface area contributed by atoms with E-state index in [-0.39, 0.29) is 11.5 Å². The van der Waals surface area contributed by atoms with Gasteiger partial charge in [0.05, 0.1) is 19.8 Å². The standard InChI is InChI=1S/C22H25N3O3/c1-14-5-21(26)23(2)20-11-25(10-19(14)20)22(27)6-15-8-24(9-15)18-4-3-16-12-28-13-17(16)7-18/h3-5,7,15H,6,8-13H2,1-2H3. The van der Waals surface area contributed by atoms with Crippen LogP contribution in [-0.2, 0) is 42.9 Å². The monoisotopic (exact) mass is 379 g/mol. The number of aromatic nitrogens is 1. The summed E-state index contributed by atoms with van der Waals surface area (Å²) < 4.78 is 7.17. The summed E-state index contributed by atoms with van der Waals surface area (Å²) in [6, 6.07) is 8.20. The molecule has 0 bridgehead atoms. The number of benzene rings is 1. The summed E-state index contributed by atoms with van der Waals surface area (Å²) in [6.07, 6.45) is 0.575. The third-order valence-corrected chi connectivity index (χ3v) is 6.43. The van der Waals surface area contributed by atoms with Crippen molar-refractivity contribution in [3.05, 3.63) is 62.6 Å². The first-order valence-corrected chi connectivity index (χ1v) is 9.90. The van der Waals surface area contributed by atoms with Crippen LogP contribution in [0.25, 0.3) is 0 Å². The van der Waals surface area contributed by atoms with E-state index in [0.29, 0.717) is 32.0 Å². The van der Waals surface area contributed by atoms with Crippen LogP contribution in [0.15, 0.2) is 29.1 Å². The number of hydrogen-bond acceptors (Lipinski definition) is 4. The molecule has 0 radical (unpaired) electrons. The Balaban J connectivity index is 1.20. The summed E-state index contributed by atoms with van der Waals surface area (Å²) in [5.74, 6) is 0.584. The number of pyridine rings is 1. The summed E-state index contributed by atoms with van der Waals surface area (Å²) in [5, 5.41) is 0.